The number of aromatic amines is 1. The van der Waals surface area contributed by atoms with Crippen molar-refractivity contribution in [1.29, 1.82) is 0 Å². The predicted molar refractivity (Wildman–Crippen MR) is 82.0 cm³/mol. The Bertz CT molecular complexity index is 676. The highest BCUT2D eigenvalue weighted by atomic mass is 32.2. The Morgan fingerprint density at radius 2 is 2.30 bits per heavy atom. The maximum atomic E-state index is 5.02. The number of hydrogen-bond acceptors (Lipinski definition) is 4. The number of rotatable bonds is 6. The van der Waals surface area contributed by atoms with Crippen molar-refractivity contribution in [2.45, 2.75) is 18.6 Å². The van der Waals surface area contributed by atoms with E-state index in [1.807, 2.05) is 6.07 Å². The third kappa shape index (κ3) is 3.23. The normalized spacial score (nSPS) is 11.2. The molecule has 4 nitrogen and oxygen atoms in total. The van der Waals surface area contributed by atoms with Gasteiger partial charge in [-0.1, -0.05) is 17.8 Å². The van der Waals surface area contributed by atoms with E-state index < -0.39 is 0 Å². The largest absolute Gasteiger partial charge is 0.472 e. The highest BCUT2D eigenvalue weighted by Gasteiger charge is 2.03. The van der Waals surface area contributed by atoms with Gasteiger partial charge in [-0.15, -0.1) is 0 Å². The zero-order valence-electron chi connectivity index (χ0n) is 11.3. The molecule has 2 heterocycles. The quantitative estimate of drug-likeness (QED) is 0.539. The van der Waals surface area contributed by atoms with Crippen LogP contribution >= 0.6 is 11.8 Å². The molecule has 0 fully saturated rings. The summed E-state index contributed by atoms with van der Waals surface area (Å²) in [5, 5.41) is 4.36. The molecular formula is C15H17N3OS. The molecule has 5 heteroatoms. The van der Waals surface area contributed by atoms with Crippen molar-refractivity contribution in [3.05, 3.63) is 47.9 Å². The van der Waals surface area contributed by atoms with Gasteiger partial charge in [-0.3, -0.25) is 0 Å². The van der Waals surface area contributed by atoms with E-state index >= 15 is 0 Å². The first-order chi connectivity index (χ1) is 9.81. The number of thioether (sulfide) groups is 1. The maximum Gasteiger partial charge on any atom is 0.166 e. The van der Waals surface area contributed by atoms with Gasteiger partial charge in [0.25, 0.3) is 0 Å². The lowest BCUT2D eigenvalue weighted by Gasteiger charge is -2.01. The first-order valence-electron chi connectivity index (χ1n) is 6.62. The molecule has 0 atom stereocenters. The van der Waals surface area contributed by atoms with Crippen LogP contribution in [-0.4, -0.2) is 22.3 Å². The van der Waals surface area contributed by atoms with E-state index in [9.17, 15) is 0 Å². The van der Waals surface area contributed by atoms with Crippen molar-refractivity contribution in [2.24, 2.45) is 0 Å². The highest BCUT2D eigenvalue weighted by molar-refractivity contribution is 7.99. The molecule has 0 amide bonds. The summed E-state index contributed by atoms with van der Waals surface area (Å²) in [5.41, 5.74) is 4.57. The Balaban J connectivity index is 1.47. The second-order valence-electron chi connectivity index (χ2n) is 4.72. The van der Waals surface area contributed by atoms with Crippen molar-refractivity contribution in [3.8, 4) is 0 Å². The van der Waals surface area contributed by atoms with Crippen LogP contribution in [0.3, 0.4) is 0 Å². The lowest BCUT2D eigenvalue weighted by atomic mass is 10.2. The average molecular weight is 287 g/mol. The van der Waals surface area contributed by atoms with Crippen LogP contribution in [0.4, 0.5) is 0 Å². The Morgan fingerprint density at radius 1 is 1.35 bits per heavy atom. The first-order valence-corrected chi connectivity index (χ1v) is 7.61. The molecule has 0 saturated carbocycles. The molecule has 0 aliphatic heterocycles. The summed E-state index contributed by atoms with van der Waals surface area (Å²) in [6, 6.07) is 8.25. The van der Waals surface area contributed by atoms with Crippen LogP contribution in [0, 0.1) is 6.92 Å². The van der Waals surface area contributed by atoms with Gasteiger partial charge >= 0.3 is 0 Å². The van der Waals surface area contributed by atoms with Crippen LogP contribution in [0.15, 0.2) is 46.4 Å². The van der Waals surface area contributed by atoms with Gasteiger partial charge < -0.3 is 14.7 Å². The van der Waals surface area contributed by atoms with Crippen molar-refractivity contribution < 1.29 is 4.42 Å². The minimum atomic E-state index is 0.844. The molecule has 104 valence electrons. The number of imidazole rings is 1. The fourth-order valence-corrected chi connectivity index (χ4v) is 2.80. The minimum Gasteiger partial charge on any atom is -0.472 e. The molecule has 0 unspecified atom stereocenters. The summed E-state index contributed by atoms with van der Waals surface area (Å²) in [6.45, 7) is 3.87. The Morgan fingerprint density at radius 3 is 3.15 bits per heavy atom. The zero-order valence-corrected chi connectivity index (χ0v) is 12.2. The molecule has 3 aromatic rings. The second kappa shape index (κ2) is 6.15. The Hall–Kier alpha value is -1.72. The van der Waals surface area contributed by atoms with Crippen molar-refractivity contribution in [3.63, 3.8) is 0 Å². The Kier molecular flexibility index (Phi) is 4.08. The molecule has 1 aromatic carbocycles. The predicted octanol–water partition coefficient (Wildman–Crippen LogP) is 3.35. The summed E-state index contributed by atoms with van der Waals surface area (Å²) in [7, 11) is 0. The van der Waals surface area contributed by atoms with E-state index in [4.69, 9.17) is 4.42 Å². The molecule has 20 heavy (non-hydrogen) atoms. The molecule has 2 N–H and O–H groups in total. The van der Waals surface area contributed by atoms with E-state index in [2.05, 4.69) is 40.4 Å². The van der Waals surface area contributed by atoms with Crippen molar-refractivity contribution in [2.75, 3.05) is 12.3 Å². The van der Waals surface area contributed by atoms with Crippen molar-refractivity contribution >= 4 is 22.8 Å². The average Bonchev–Trinajstić information content (AvgIpc) is 3.06. The first kappa shape index (κ1) is 13.3. The number of fused-ring (bicyclic) bond motifs is 1. The van der Waals surface area contributed by atoms with E-state index in [1.54, 1.807) is 24.3 Å². The number of benzene rings is 1. The Labute approximate surface area is 122 Å². The summed E-state index contributed by atoms with van der Waals surface area (Å²) < 4.78 is 5.02. The maximum absolute atomic E-state index is 5.02. The molecular weight excluding hydrogens is 270 g/mol. The molecule has 3 rings (SSSR count). The molecule has 0 bridgehead atoms. The number of hydrogen-bond donors (Lipinski definition) is 2. The van der Waals surface area contributed by atoms with Crippen LogP contribution in [0.1, 0.15) is 11.1 Å². The molecule has 0 saturated heterocycles. The van der Waals surface area contributed by atoms with Gasteiger partial charge in [0.15, 0.2) is 5.16 Å². The SMILES string of the molecule is Cc1ccc2nc(SCCNCc3ccoc3)[nH]c2c1. The van der Waals surface area contributed by atoms with Gasteiger partial charge in [0.05, 0.1) is 23.6 Å². The monoisotopic (exact) mass is 287 g/mol. The minimum absolute atomic E-state index is 0.844. The smallest absolute Gasteiger partial charge is 0.166 e. The summed E-state index contributed by atoms with van der Waals surface area (Å²) in [5.74, 6) is 0.983. The van der Waals surface area contributed by atoms with E-state index in [0.29, 0.717) is 0 Å². The van der Waals surface area contributed by atoms with Gasteiger partial charge in [0.2, 0.25) is 0 Å². The molecule has 0 radical (unpaired) electrons. The summed E-state index contributed by atoms with van der Waals surface area (Å²) >= 11 is 1.74. The van der Waals surface area contributed by atoms with Crippen LogP contribution in [-0.2, 0) is 6.54 Å². The number of aromatic nitrogens is 2. The number of aryl methyl sites for hydroxylation is 1. The van der Waals surface area contributed by atoms with Gasteiger partial charge in [0, 0.05) is 24.4 Å². The van der Waals surface area contributed by atoms with Crippen LogP contribution < -0.4 is 5.32 Å². The zero-order chi connectivity index (χ0) is 13.8. The van der Waals surface area contributed by atoms with Crippen LogP contribution in [0.5, 0.6) is 0 Å². The number of nitrogens with one attached hydrogen (secondary N) is 2. The third-order valence-electron chi connectivity index (χ3n) is 3.04. The van der Waals surface area contributed by atoms with E-state index in [0.717, 1.165) is 35.0 Å². The van der Waals surface area contributed by atoms with Gasteiger partial charge in [-0.2, -0.15) is 0 Å². The van der Waals surface area contributed by atoms with Crippen molar-refractivity contribution in [1.82, 2.24) is 15.3 Å². The fourth-order valence-electron chi connectivity index (χ4n) is 2.01. The topological polar surface area (TPSA) is 53.9 Å². The van der Waals surface area contributed by atoms with Gasteiger partial charge in [-0.05, 0) is 30.7 Å². The summed E-state index contributed by atoms with van der Waals surface area (Å²) in [6.07, 6.45) is 3.46. The number of nitrogens with zero attached hydrogens (tertiary/aromatic N) is 1. The molecule has 0 aliphatic rings. The summed E-state index contributed by atoms with van der Waals surface area (Å²) in [4.78, 5) is 7.92. The lowest BCUT2D eigenvalue weighted by Crippen LogP contribution is -2.16. The van der Waals surface area contributed by atoms with E-state index in [-0.39, 0.29) is 0 Å². The number of furan rings is 1. The molecule has 0 spiro atoms. The highest BCUT2D eigenvalue weighted by Crippen LogP contribution is 2.19. The van der Waals surface area contributed by atoms with Gasteiger partial charge in [0.1, 0.15) is 0 Å². The molecule has 2 aromatic heterocycles. The van der Waals surface area contributed by atoms with E-state index in [1.165, 1.54) is 11.1 Å². The van der Waals surface area contributed by atoms with Crippen LogP contribution in [0.25, 0.3) is 11.0 Å². The van der Waals surface area contributed by atoms with Crippen LogP contribution in [0.2, 0.25) is 0 Å². The molecule has 0 aliphatic carbocycles. The second-order valence-corrected chi connectivity index (χ2v) is 5.80. The fraction of sp³-hybridized carbons (Fsp3) is 0.267. The third-order valence-corrected chi connectivity index (χ3v) is 3.92. The standard InChI is InChI=1S/C15H17N3OS/c1-11-2-3-13-14(8-11)18-15(17-13)20-7-5-16-9-12-4-6-19-10-12/h2-4,6,8,10,16H,5,7,9H2,1H3,(H,17,18). The van der Waals surface area contributed by atoms with Gasteiger partial charge in [-0.25, -0.2) is 4.98 Å². The number of H-pyrrole nitrogens is 1. The lowest BCUT2D eigenvalue weighted by molar-refractivity contribution is 0.561.